The highest BCUT2D eigenvalue weighted by atomic mass is 79.9. The first kappa shape index (κ1) is 20.4. The molecule has 0 aliphatic heterocycles. The Labute approximate surface area is 162 Å². The van der Waals surface area contributed by atoms with Crippen molar-refractivity contribution >= 4 is 37.6 Å². The van der Waals surface area contributed by atoms with Gasteiger partial charge < -0.3 is 5.32 Å². The van der Waals surface area contributed by atoms with E-state index in [-0.39, 0.29) is 17.6 Å². The Hall–Kier alpha value is -1.96. The number of benzene rings is 2. The molecule has 0 heterocycles. The van der Waals surface area contributed by atoms with Crippen molar-refractivity contribution in [3.8, 4) is 0 Å². The van der Waals surface area contributed by atoms with Gasteiger partial charge in [0, 0.05) is 16.1 Å². The van der Waals surface area contributed by atoms with Gasteiger partial charge in [-0.25, -0.2) is 0 Å². The Balaban J connectivity index is 2.04. The van der Waals surface area contributed by atoms with Gasteiger partial charge in [-0.2, -0.15) is 8.42 Å². The Morgan fingerprint density at radius 3 is 2.54 bits per heavy atom. The third kappa shape index (κ3) is 7.51. The highest BCUT2D eigenvalue weighted by Gasteiger charge is 2.11. The van der Waals surface area contributed by atoms with Crippen LogP contribution in [0, 0.1) is 0 Å². The van der Waals surface area contributed by atoms with E-state index in [1.807, 2.05) is 42.5 Å². The second-order valence-electron chi connectivity index (χ2n) is 5.80. The van der Waals surface area contributed by atoms with Gasteiger partial charge in [-0.05, 0) is 42.7 Å². The van der Waals surface area contributed by atoms with Crippen molar-refractivity contribution in [3.05, 3.63) is 76.8 Å². The quantitative estimate of drug-likeness (QED) is 0.473. The van der Waals surface area contributed by atoms with Gasteiger partial charge in [-0.3, -0.25) is 9.35 Å². The lowest BCUT2D eigenvalue weighted by atomic mass is 9.94. The molecule has 0 fully saturated rings. The first-order valence-electron chi connectivity index (χ1n) is 8.08. The molecule has 0 bridgehead atoms. The molecule has 2 rings (SSSR count). The maximum atomic E-state index is 12.1. The van der Waals surface area contributed by atoms with Crippen molar-refractivity contribution < 1.29 is 17.8 Å². The Bertz CT molecular complexity index is 866. The minimum absolute atomic E-state index is 0.119. The van der Waals surface area contributed by atoms with E-state index in [9.17, 15) is 13.2 Å². The number of anilines is 1. The summed E-state index contributed by atoms with van der Waals surface area (Å²) in [6.07, 6.45) is 4.01. The van der Waals surface area contributed by atoms with Crippen LogP contribution in [0.5, 0.6) is 0 Å². The van der Waals surface area contributed by atoms with Crippen LogP contribution in [0.1, 0.15) is 24.3 Å². The normalized spacial score (nSPS) is 12.8. The van der Waals surface area contributed by atoms with Gasteiger partial charge in [-0.15, -0.1) is 0 Å². The summed E-state index contributed by atoms with van der Waals surface area (Å²) in [5.74, 6) is -0.681. The first-order chi connectivity index (χ1) is 12.3. The zero-order valence-electron chi connectivity index (χ0n) is 14.0. The van der Waals surface area contributed by atoms with Crippen LogP contribution >= 0.6 is 15.9 Å². The molecule has 5 nitrogen and oxygen atoms in total. The summed E-state index contributed by atoms with van der Waals surface area (Å²) in [5, 5.41) is 2.78. The molecule has 2 N–H and O–H groups in total. The number of nitrogens with one attached hydrogen (secondary N) is 1. The van der Waals surface area contributed by atoms with Crippen molar-refractivity contribution in [2.24, 2.45) is 0 Å². The summed E-state index contributed by atoms with van der Waals surface area (Å²) in [5.41, 5.74) is 1.66. The molecular weight excluding hydrogens is 418 g/mol. The lowest BCUT2D eigenvalue weighted by Crippen LogP contribution is -2.09. The number of carbonyl (C=O) groups is 1. The van der Waals surface area contributed by atoms with Crippen molar-refractivity contribution in [2.75, 3.05) is 11.1 Å². The number of carbonyl (C=O) groups excluding carboxylic acids is 1. The van der Waals surface area contributed by atoms with Crippen LogP contribution in [0.25, 0.3) is 0 Å². The van der Waals surface area contributed by atoms with Crippen LogP contribution in [0.4, 0.5) is 5.69 Å². The van der Waals surface area contributed by atoms with E-state index in [1.165, 1.54) is 6.08 Å². The molecule has 0 saturated heterocycles. The van der Waals surface area contributed by atoms with Crippen molar-refractivity contribution in [3.63, 3.8) is 0 Å². The average molecular weight is 438 g/mol. The van der Waals surface area contributed by atoms with Gasteiger partial charge >= 0.3 is 0 Å². The van der Waals surface area contributed by atoms with Crippen LogP contribution in [0.15, 0.2) is 71.2 Å². The minimum atomic E-state index is -3.99. The fourth-order valence-corrected chi connectivity index (χ4v) is 3.44. The second-order valence-corrected chi connectivity index (χ2v) is 8.29. The van der Waals surface area contributed by atoms with Gasteiger partial charge in [-0.1, -0.05) is 58.4 Å². The highest BCUT2D eigenvalue weighted by Crippen LogP contribution is 2.23. The number of hydrogen-bond donors (Lipinski definition) is 2. The monoisotopic (exact) mass is 437 g/mol. The van der Waals surface area contributed by atoms with E-state index in [0.717, 1.165) is 10.0 Å². The maximum Gasteiger partial charge on any atom is 0.264 e. The molecule has 2 aromatic rings. The Kier molecular flexibility index (Phi) is 7.56. The maximum absolute atomic E-state index is 12.1. The Morgan fingerprint density at radius 1 is 1.15 bits per heavy atom. The van der Waals surface area contributed by atoms with Gasteiger partial charge in [0.25, 0.3) is 10.1 Å². The van der Waals surface area contributed by atoms with Gasteiger partial charge in [0.1, 0.15) is 0 Å². The molecule has 26 heavy (non-hydrogen) atoms. The lowest BCUT2D eigenvalue weighted by Gasteiger charge is -2.13. The zero-order valence-corrected chi connectivity index (χ0v) is 16.4. The minimum Gasteiger partial charge on any atom is -0.322 e. The summed E-state index contributed by atoms with van der Waals surface area (Å²) < 4.78 is 31.6. The summed E-state index contributed by atoms with van der Waals surface area (Å²) in [6, 6.07) is 16.8. The summed E-state index contributed by atoms with van der Waals surface area (Å²) >= 11 is 3.35. The largest absolute Gasteiger partial charge is 0.322 e. The molecule has 1 amide bonds. The van der Waals surface area contributed by atoms with E-state index >= 15 is 0 Å². The fourth-order valence-electron chi connectivity index (χ4n) is 2.51. The number of hydrogen-bond acceptors (Lipinski definition) is 3. The molecule has 0 saturated carbocycles. The van der Waals surface area contributed by atoms with Gasteiger partial charge in [0.2, 0.25) is 5.91 Å². The number of amides is 1. The number of rotatable bonds is 8. The molecule has 0 aliphatic carbocycles. The van der Waals surface area contributed by atoms with Crippen molar-refractivity contribution in [1.82, 2.24) is 0 Å². The Morgan fingerprint density at radius 2 is 1.88 bits per heavy atom. The summed E-state index contributed by atoms with van der Waals surface area (Å²) in [6.45, 7) is 0. The lowest BCUT2D eigenvalue weighted by molar-refractivity contribution is -0.111. The molecule has 1 unspecified atom stereocenters. The van der Waals surface area contributed by atoms with Crippen molar-refractivity contribution in [1.29, 1.82) is 0 Å². The van der Waals surface area contributed by atoms with E-state index in [0.29, 0.717) is 18.5 Å². The molecule has 0 radical (unpaired) electrons. The van der Waals surface area contributed by atoms with Crippen LogP contribution in [0.2, 0.25) is 0 Å². The topological polar surface area (TPSA) is 83.5 Å². The number of allylic oxidation sites excluding steroid dienone is 1. The zero-order chi connectivity index (χ0) is 19.0. The molecule has 7 heteroatoms. The molecule has 2 aromatic carbocycles. The van der Waals surface area contributed by atoms with Crippen LogP contribution in [0.3, 0.4) is 0 Å². The van der Waals surface area contributed by atoms with Crippen LogP contribution < -0.4 is 5.32 Å². The third-order valence-corrected chi connectivity index (χ3v) is 5.02. The van der Waals surface area contributed by atoms with Gasteiger partial charge in [0.15, 0.2) is 0 Å². The smallest absolute Gasteiger partial charge is 0.264 e. The molecular formula is C19H20BrNO4S. The highest BCUT2D eigenvalue weighted by molar-refractivity contribution is 9.10. The second kappa shape index (κ2) is 9.66. The molecule has 0 spiro atoms. The van der Waals surface area contributed by atoms with E-state index < -0.39 is 10.1 Å². The molecule has 138 valence electrons. The standard InChI is InChI=1S/C19H20BrNO4S/c20-17-9-4-10-18(14-17)21-19(22)12-11-16(8-5-13-26(23,24)25)15-6-2-1-3-7-15/h1-4,6-7,9-12,14,16H,5,8,13H2,(H,21,22)(H,23,24,25). The summed E-state index contributed by atoms with van der Waals surface area (Å²) in [7, 11) is -3.99. The average Bonchev–Trinajstić information content (AvgIpc) is 2.57. The summed E-state index contributed by atoms with van der Waals surface area (Å²) in [4.78, 5) is 12.1. The fraction of sp³-hybridized carbons (Fsp3) is 0.211. The van der Waals surface area contributed by atoms with Crippen molar-refractivity contribution in [2.45, 2.75) is 18.8 Å². The predicted molar refractivity (Wildman–Crippen MR) is 107 cm³/mol. The van der Waals surface area contributed by atoms with E-state index in [4.69, 9.17) is 4.55 Å². The molecule has 0 aromatic heterocycles. The SMILES string of the molecule is O=C(C=CC(CCCS(=O)(=O)O)c1ccccc1)Nc1cccc(Br)c1. The van der Waals surface area contributed by atoms with Crippen LogP contribution in [-0.2, 0) is 14.9 Å². The molecule has 0 aliphatic rings. The van der Waals surface area contributed by atoms with E-state index in [1.54, 1.807) is 18.2 Å². The third-order valence-electron chi connectivity index (χ3n) is 3.72. The van der Waals surface area contributed by atoms with E-state index in [2.05, 4.69) is 21.2 Å². The number of halogens is 1. The first-order valence-corrected chi connectivity index (χ1v) is 10.5. The molecule has 1 atom stereocenters. The van der Waals surface area contributed by atoms with Gasteiger partial charge in [0.05, 0.1) is 5.75 Å². The predicted octanol–water partition coefficient (Wildman–Crippen LogP) is 4.40. The van der Waals surface area contributed by atoms with Crippen LogP contribution in [-0.4, -0.2) is 24.6 Å².